The minimum atomic E-state index is -4.93. The molecule has 1 atom stereocenters. The molecule has 4 fully saturated rings. The van der Waals surface area contributed by atoms with E-state index >= 15 is 0 Å². The number of nitrogens with one attached hydrogen (secondary N) is 1. The number of halogens is 3. The van der Waals surface area contributed by atoms with Gasteiger partial charge in [0.1, 0.15) is 6.04 Å². The van der Waals surface area contributed by atoms with Gasteiger partial charge < -0.3 is 0 Å². The van der Waals surface area contributed by atoms with Crippen molar-refractivity contribution in [3.8, 4) is 0 Å². The van der Waals surface area contributed by atoms with E-state index in [0.29, 0.717) is 12.5 Å². The van der Waals surface area contributed by atoms with Crippen LogP contribution in [0.25, 0.3) is 0 Å². The van der Waals surface area contributed by atoms with Crippen molar-refractivity contribution in [2.24, 2.45) is 11.3 Å². The molecule has 180 valence electrons. The highest BCUT2D eigenvalue weighted by atomic mass is 32.2. The van der Waals surface area contributed by atoms with Gasteiger partial charge in [-0.25, -0.2) is 26.6 Å². The molecule has 0 unspecified atom stereocenters. The van der Waals surface area contributed by atoms with Gasteiger partial charge in [0.2, 0.25) is 0 Å². The lowest BCUT2D eigenvalue weighted by molar-refractivity contribution is -0.371. The smallest absolute Gasteiger partial charge is 0.299 e. The summed E-state index contributed by atoms with van der Waals surface area (Å²) in [5.74, 6) is 0.637. The average molecular weight is 498 g/mol. The van der Waals surface area contributed by atoms with Gasteiger partial charge >= 0.3 is 19.3 Å². The van der Waals surface area contributed by atoms with Crippen molar-refractivity contribution in [1.82, 2.24) is 9.62 Å². The summed E-state index contributed by atoms with van der Waals surface area (Å²) in [5, 5.41) is -2.77. The SMILES string of the molecule is CC(C)(C)C1CCN(Cc2ccc([C@H](NS(=O)(=O)C34OP(=O)(O3)O4)C(F)(F)F)cc2)CC1. The Kier molecular flexibility index (Phi) is 5.85. The van der Waals surface area contributed by atoms with Crippen LogP contribution < -0.4 is 4.72 Å². The quantitative estimate of drug-likeness (QED) is 0.586. The summed E-state index contributed by atoms with van der Waals surface area (Å²) in [6.07, 6.45) is -2.79. The largest absolute Gasteiger partial charge is 0.490 e. The molecule has 32 heavy (non-hydrogen) atoms. The highest BCUT2D eigenvalue weighted by Gasteiger charge is 2.83. The molecule has 0 spiro atoms. The lowest BCUT2D eigenvalue weighted by Crippen LogP contribution is -2.66. The second-order valence-electron chi connectivity index (χ2n) is 9.48. The van der Waals surface area contributed by atoms with Gasteiger partial charge in [0.25, 0.3) is 10.0 Å². The van der Waals surface area contributed by atoms with Crippen molar-refractivity contribution in [3.05, 3.63) is 35.4 Å². The van der Waals surface area contributed by atoms with E-state index in [0.717, 1.165) is 31.5 Å². The number of hydrogen-bond donors (Lipinski definition) is 1. The zero-order chi connectivity index (χ0) is 23.6. The van der Waals surface area contributed by atoms with Crippen molar-refractivity contribution < 1.29 is 39.7 Å². The van der Waals surface area contributed by atoms with Gasteiger partial charge in [-0.15, -0.1) is 0 Å². The molecule has 1 N–H and O–H groups in total. The van der Waals surface area contributed by atoms with Crippen molar-refractivity contribution >= 4 is 17.8 Å². The standard InChI is InChI=1S/C19H26F3N2O6PS/c1-17(2,3)15-8-10-24(11-9-15)12-13-4-6-14(7-5-13)16(18(20,21)22)23-32(26,27)19-28-31(25,29-19)30-19/h4-7,15-16,23H,8-12H2,1-3H3/t16-,19?,31?/m0/s1. The Labute approximate surface area is 185 Å². The maximum Gasteiger partial charge on any atom is 0.490 e. The molecule has 5 rings (SSSR count). The molecule has 4 aliphatic heterocycles. The van der Waals surface area contributed by atoms with Crippen LogP contribution in [0.15, 0.2) is 24.3 Å². The molecule has 8 nitrogen and oxygen atoms in total. The molecule has 0 aliphatic carbocycles. The number of hydrogen-bond acceptors (Lipinski definition) is 7. The summed E-state index contributed by atoms with van der Waals surface area (Å²) in [7, 11) is -8.78. The summed E-state index contributed by atoms with van der Waals surface area (Å²) < 4.78 is 91.4. The number of likely N-dealkylation sites (tertiary alicyclic amines) is 1. The lowest BCUT2D eigenvalue weighted by atomic mass is 9.75. The average Bonchev–Trinajstić information content (AvgIpc) is 2.62. The van der Waals surface area contributed by atoms with Crippen LogP contribution in [0.5, 0.6) is 0 Å². The highest BCUT2D eigenvalue weighted by Crippen LogP contribution is 2.81. The Morgan fingerprint density at radius 2 is 1.66 bits per heavy atom. The van der Waals surface area contributed by atoms with E-state index in [1.165, 1.54) is 16.9 Å². The van der Waals surface area contributed by atoms with Crippen LogP contribution in [0, 0.1) is 11.3 Å². The normalized spacial score (nSPS) is 30.4. The molecule has 4 aliphatic rings. The first-order valence-corrected chi connectivity index (χ1v) is 13.2. The van der Waals surface area contributed by atoms with Crippen molar-refractivity contribution in [2.45, 2.75) is 57.7 Å². The molecule has 1 aromatic carbocycles. The van der Waals surface area contributed by atoms with Crippen molar-refractivity contribution in [1.29, 1.82) is 0 Å². The Balaban J connectivity index is 1.41. The molecule has 4 heterocycles. The predicted molar refractivity (Wildman–Crippen MR) is 108 cm³/mol. The first-order valence-electron chi connectivity index (χ1n) is 10.2. The fourth-order valence-corrected chi connectivity index (χ4v) is 7.75. The van der Waals surface area contributed by atoms with Gasteiger partial charge in [-0.1, -0.05) is 45.0 Å². The number of phosphoric ester groups is 1. The maximum absolute atomic E-state index is 13.6. The summed E-state index contributed by atoms with van der Waals surface area (Å²) in [6, 6.07) is 3.05. The number of phosphoric acid groups is 1. The van der Waals surface area contributed by atoms with E-state index in [9.17, 15) is 26.2 Å². The second kappa shape index (κ2) is 7.76. The van der Waals surface area contributed by atoms with Gasteiger partial charge in [0, 0.05) is 6.54 Å². The molecular formula is C19H26F3N2O6PS. The third-order valence-electron chi connectivity index (χ3n) is 6.13. The zero-order valence-corrected chi connectivity index (χ0v) is 19.6. The van der Waals surface area contributed by atoms with Crippen molar-refractivity contribution in [3.63, 3.8) is 0 Å². The zero-order valence-electron chi connectivity index (χ0n) is 17.9. The minimum Gasteiger partial charge on any atom is -0.299 e. The Morgan fingerprint density at radius 1 is 1.12 bits per heavy atom. The number of sulfonamides is 1. The number of alkyl halides is 3. The molecule has 0 saturated carbocycles. The molecule has 0 radical (unpaired) electrons. The molecule has 1 aromatic rings. The maximum atomic E-state index is 13.6. The fourth-order valence-electron chi connectivity index (χ4n) is 4.16. The summed E-state index contributed by atoms with van der Waals surface area (Å²) in [6.45, 7) is 9.14. The van der Waals surface area contributed by atoms with Crippen LogP contribution in [0.4, 0.5) is 13.2 Å². The van der Waals surface area contributed by atoms with Gasteiger partial charge in [-0.2, -0.15) is 17.9 Å². The van der Waals surface area contributed by atoms with Gasteiger partial charge in [0.05, 0.1) is 0 Å². The van der Waals surface area contributed by atoms with Crippen LogP contribution in [0.3, 0.4) is 0 Å². The Bertz CT molecular complexity index is 990. The minimum absolute atomic E-state index is 0.254. The first kappa shape index (κ1) is 24.1. The highest BCUT2D eigenvalue weighted by molar-refractivity contribution is 7.92. The Hall–Kier alpha value is -1.01. The molecule has 2 bridgehead atoms. The number of benzene rings is 1. The van der Waals surface area contributed by atoms with E-state index in [2.05, 4.69) is 39.2 Å². The van der Waals surface area contributed by atoms with Crippen LogP contribution >= 0.6 is 7.82 Å². The summed E-state index contributed by atoms with van der Waals surface area (Å²) in [5.41, 5.74) is 0.790. The molecule has 4 saturated heterocycles. The predicted octanol–water partition coefficient (Wildman–Crippen LogP) is 4.26. The van der Waals surface area contributed by atoms with Crippen LogP contribution in [0.2, 0.25) is 0 Å². The van der Waals surface area contributed by atoms with Gasteiger partial charge in [-0.3, -0.25) is 4.90 Å². The molecular weight excluding hydrogens is 472 g/mol. The summed E-state index contributed by atoms with van der Waals surface area (Å²) in [4.78, 5) is 2.26. The number of nitrogens with zero attached hydrogens (tertiary/aromatic N) is 1. The second-order valence-corrected chi connectivity index (χ2v) is 12.7. The number of piperidine rings is 1. The van der Waals surface area contributed by atoms with Crippen LogP contribution in [-0.2, 0) is 34.7 Å². The third-order valence-corrected chi connectivity index (χ3v) is 9.35. The van der Waals surface area contributed by atoms with Crippen LogP contribution in [0.1, 0.15) is 50.8 Å². The Morgan fingerprint density at radius 3 is 2.09 bits per heavy atom. The molecule has 0 amide bonds. The van der Waals surface area contributed by atoms with E-state index in [1.807, 2.05) is 0 Å². The number of rotatable bonds is 6. The first-order chi connectivity index (χ1) is 14.6. The third kappa shape index (κ3) is 4.51. The monoisotopic (exact) mass is 498 g/mol. The lowest BCUT2D eigenvalue weighted by Gasteiger charge is -2.53. The van der Waals surface area contributed by atoms with Gasteiger partial charge in [-0.05, 0) is 48.4 Å². The molecule has 13 heteroatoms. The van der Waals surface area contributed by atoms with E-state index in [1.54, 1.807) is 12.1 Å². The van der Waals surface area contributed by atoms with E-state index in [-0.39, 0.29) is 11.0 Å². The van der Waals surface area contributed by atoms with Crippen molar-refractivity contribution in [2.75, 3.05) is 13.1 Å². The van der Waals surface area contributed by atoms with Gasteiger partial charge in [0.15, 0.2) is 0 Å². The fraction of sp³-hybridized carbons (Fsp3) is 0.684. The topological polar surface area (TPSA) is 94.2 Å². The van der Waals surface area contributed by atoms with Crippen LogP contribution in [-0.4, -0.2) is 37.9 Å². The summed E-state index contributed by atoms with van der Waals surface area (Å²) >= 11 is 0. The van der Waals surface area contributed by atoms with E-state index in [4.69, 9.17) is 0 Å². The molecule has 0 aromatic heterocycles. The van der Waals surface area contributed by atoms with E-state index < -0.39 is 35.4 Å².